The van der Waals surface area contributed by atoms with Crippen molar-refractivity contribution in [1.82, 2.24) is 9.13 Å². The molecule has 0 unspecified atom stereocenters. The van der Waals surface area contributed by atoms with Gasteiger partial charge in [0.2, 0.25) is 0 Å². The van der Waals surface area contributed by atoms with Gasteiger partial charge in [-0.25, -0.2) is 0 Å². The second kappa shape index (κ2) is 7.62. The Morgan fingerprint density at radius 3 is 1.64 bits per heavy atom. The lowest BCUT2D eigenvalue weighted by atomic mass is 10.1. The minimum atomic E-state index is 0.906. The highest BCUT2D eigenvalue weighted by molar-refractivity contribution is 6.15. The molecule has 0 spiro atoms. The highest BCUT2D eigenvalue weighted by Crippen LogP contribution is 2.40. The molecule has 0 radical (unpaired) electrons. The van der Waals surface area contributed by atoms with Crippen LogP contribution in [0.15, 0.2) is 138 Å². The van der Waals surface area contributed by atoms with Crippen molar-refractivity contribution in [2.45, 2.75) is 0 Å². The van der Waals surface area contributed by atoms with Crippen LogP contribution in [0.25, 0.3) is 76.9 Å². The Bertz CT molecular complexity index is 2350. The Morgan fingerprint density at radius 1 is 0.385 bits per heavy atom. The first-order valence-corrected chi connectivity index (χ1v) is 13.3. The molecule has 3 heteroatoms. The second-order valence-electron chi connectivity index (χ2n) is 10.2. The average Bonchev–Trinajstić information content (AvgIpc) is 3.65. The van der Waals surface area contributed by atoms with Crippen molar-refractivity contribution < 1.29 is 4.42 Å². The maximum atomic E-state index is 6.17. The average molecular weight is 499 g/mol. The lowest BCUT2D eigenvalue weighted by Crippen LogP contribution is -2.00. The molecule has 0 atom stereocenters. The molecule has 0 saturated heterocycles. The number of hydrogen-bond donors (Lipinski definition) is 0. The summed E-state index contributed by atoms with van der Waals surface area (Å²) in [6.07, 6.45) is 0. The summed E-state index contributed by atoms with van der Waals surface area (Å²) >= 11 is 0. The van der Waals surface area contributed by atoms with E-state index in [9.17, 15) is 0 Å². The van der Waals surface area contributed by atoms with Gasteiger partial charge in [0.25, 0.3) is 0 Å². The van der Waals surface area contributed by atoms with Crippen LogP contribution >= 0.6 is 0 Å². The summed E-state index contributed by atoms with van der Waals surface area (Å²) in [4.78, 5) is 0. The Balaban J connectivity index is 1.46. The van der Waals surface area contributed by atoms with E-state index in [1.807, 2.05) is 12.1 Å². The number of aromatic nitrogens is 2. The van der Waals surface area contributed by atoms with Crippen LogP contribution in [0.2, 0.25) is 0 Å². The molecule has 0 saturated carbocycles. The maximum absolute atomic E-state index is 6.17. The van der Waals surface area contributed by atoms with E-state index >= 15 is 0 Å². The Hall–Kier alpha value is -5.28. The summed E-state index contributed by atoms with van der Waals surface area (Å²) in [6, 6.07) is 47.7. The van der Waals surface area contributed by atoms with Gasteiger partial charge < -0.3 is 13.6 Å². The molecule has 0 N–H and O–H groups in total. The minimum absolute atomic E-state index is 0.906. The lowest BCUT2D eigenvalue weighted by molar-refractivity contribution is 0.669. The normalized spacial score (nSPS) is 12.1. The van der Waals surface area contributed by atoms with Gasteiger partial charge in [0.05, 0.1) is 27.8 Å². The first kappa shape index (κ1) is 20.7. The van der Waals surface area contributed by atoms with E-state index in [4.69, 9.17) is 4.42 Å². The van der Waals surface area contributed by atoms with Crippen molar-refractivity contribution in [2.75, 3.05) is 0 Å². The SMILES string of the molecule is c1ccc2c(c1)oc1ccc(-n3c4ccccc4c4cccc(-n5c6ccccc6c6ccccc65)c43)cc12. The molecule has 0 amide bonds. The molecule has 182 valence electrons. The summed E-state index contributed by atoms with van der Waals surface area (Å²) in [5.41, 5.74) is 8.90. The quantitative estimate of drug-likeness (QED) is 0.233. The molecular weight excluding hydrogens is 476 g/mol. The third-order valence-corrected chi connectivity index (χ3v) is 8.11. The number of nitrogens with zero attached hydrogens (tertiary/aromatic N) is 2. The molecule has 9 aromatic rings. The lowest BCUT2D eigenvalue weighted by Gasteiger charge is -2.14. The third kappa shape index (κ3) is 2.76. The first-order valence-electron chi connectivity index (χ1n) is 13.3. The van der Waals surface area contributed by atoms with Gasteiger partial charge in [-0.05, 0) is 48.5 Å². The number of hydrogen-bond acceptors (Lipinski definition) is 1. The third-order valence-electron chi connectivity index (χ3n) is 8.11. The summed E-state index contributed by atoms with van der Waals surface area (Å²) in [5.74, 6) is 0. The molecule has 3 nitrogen and oxygen atoms in total. The number of benzene rings is 6. The molecule has 9 rings (SSSR count). The molecule has 39 heavy (non-hydrogen) atoms. The first-order chi connectivity index (χ1) is 19.4. The van der Waals surface area contributed by atoms with Gasteiger partial charge in [-0.15, -0.1) is 0 Å². The zero-order valence-electron chi connectivity index (χ0n) is 21.0. The Kier molecular flexibility index (Phi) is 4.05. The van der Waals surface area contributed by atoms with E-state index in [-0.39, 0.29) is 0 Å². The van der Waals surface area contributed by atoms with E-state index < -0.39 is 0 Å². The number of furan rings is 1. The fourth-order valence-electron chi connectivity index (χ4n) is 6.48. The van der Waals surface area contributed by atoms with E-state index in [2.05, 4.69) is 130 Å². The van der Waals surface area contributed by atoms with Crippen molar-refractivity contribution in [2.24, 2.45) is 0 Å². The van der Waals surface area contributed by atoms with Crippen LogP contribution in [0.5, 0.6) is 0 Å². The van der Waals surface area contributed by atoms with Crippen LogP contribution in [0, 0.1) is 0 Å². The summed E-state index contributed by atoms with van der Waals surface area (Å²) < 4.78 is 11.0. The summed E-state index contributed by atoms with van der Waals surface area (Å²) in [6.45, 7) is 0. The van der Waals surface area contributed by atoms with Gasteiger partial charge in [-0.3, -0.25) is 0 Å². The molecule has 3 aromatic heterocycles. The predicted molar refractivity (Wildman–Crippen MR) is 162 cm³/mol. The topological polar surface area (TPSA) is 23.0 Å². The fourth-order valence-corrected chi connectivity index (χ4v) is 6.48. The number of rotatable bonds is 2. The fraction of sp³-hybridized carbons (Fsp3) is 0. The van der Waals surface area contributed by atoms with E-state index in [1.165, 1.54) is 49.3 Å². The van der Waals surface area contributed by atoms with Crippen molar-refractivity contribution in [3.63, 3.8) is 0 Å². The van der Waals surface area contributed by atoms with E-state index in [0.717, 1.165) is 27.6 Å². The highest BCUT2D eigenvalue weighted by atomic mass is 16.3. The van der Waals surface area contributed by atoms with Crippen LogP contribution in [0.3, 0.4) is 0 Å². The molecule has 0 aliphatic heterocycles. The standard InChI is InChI=1S/C36H22N2O/c1-6-16-31-24(10-1)25-11-2-7-17-32(25)38(31)33-18-9-14-28-26-12-3-5-15-30(26)37(36(28)33)23-20-21-35-29(22-23)27-13-4-8-19-34(27)39-35/h1-22H. The molecule has 6 aromatic carbocycles. The smallest absolute Gasteiger partial charge is 0.135 e. The molecule has 0 bridgehead atoms. The Labute approximate surface area is 223 Å². The van der Waals surface area contributed by atoms with Crippen LogP contribution in [0.4, 0.5) is 0 Å². The van der Waals surface area contributed by atoms with E-state index in [1.54, 1.807) is 0 Å². The summed E-state index contributed by atoms with van der Waals surface area (Å²) in [5, 5.41) is 7.27. The summed E-state index contributed by atoms with van der Waals surface area (Å²) in [7, 11) is 0. The van der Waals surface area contributed by atoms with Crippen molar-refractivity contribution >= 4 is 65.6 Å². The maximum Gasteiger partial charge on any atom is 0.135 e. The van der Waals surface area contributed by atoms with Gasteiger partial charge in [-0.1, -0.05) is 84.9 Å². The molecular formula is C36H22N2O. The van der Waals surface area contributed by atoms with E-state index in [0.29, 0.717) is 0 Å². The zero-order valence-corrected chi connectivity index (χ0v) is 21.0. The van der Waals surface area contributed by atoms with Crippen LogP contribution < -0.4 is 0 Å². The molecule has 0 fully saturated rings. The largest absolute Gasteiger partial charge is 0.456 e. The predicted octanol–water partition coefficient (Wildman–Crippen LogP) is 9.78. The van der Waals surface area contributed by atoms with Gasteiger partial charge >= 0.3 is 0 Å². The van der Waals surface area contributed by atoms with Gasteiger partial charge in [0.15, 0.2) is 0 Å². The van der Waals surface area contributed by atoms with Gasteiger partial charge in [0.1, 0.15) is 11.2 Å². The van der Waals surface area contributed by atoms with Gasteiger partial charge in [0, 0.05) is 38.0 Å². The van der Waals surface area contributed by atoms with Crippen LogP contribution in [-0.2, 0) is 0 Å². The molecule has 3 heterocycles. The minimum Gasteiger partial charge on any atom is -0.456 e. The highest BCUT2D eigenvalue weighted by Gasteiger charge is 2.20. The number of fused-ring (bicyclic) bond motifs is 9. The molecule has 0 aliphatic carbocycles. The van der Waals surface area contributed by atoms with Crippen molar-refractivity contribution in [1.29, 1.82) is 0 Å². The Morgan fingerprint density at radius 2 is 0.923 bits per heavy atom. The molecule has 0 aliphatic rings. The van der Waals surface area contributed by atoms with Crippen LogP contribution in [-0.4, -0.2) is 9.13 Å². The van der Waals surface area contributed by atoms with Crippen LogP contribution in [0.1, 0.15) is 0 Å². The monoisotopic (exact) mass is 498 g/mol. The van der Waals surface area contributed by atoms with Crippen molar-refractivity contribution in [3.05, 3.63) is 133 Å². The zero-order chi connectivity index (χ0) is 25.5. The van der Waals surface area contributed by atoms with Gasteiger partial charge in [-0.2, -0.15) is 0 Å². The second-order valence-corrected chi connectivity index (χ2v) is 10.2. The number of para-hydroxylation sites is 5. The van der Waals surface area contributed by atoms with Crippen molar-refractivity contribution in [3.8, 4) is 11.4 Å².